The lowest BCUT2D eigenvalue weighted by atomic mass is 10.0. The van der Waals surface area contributed by atoms with Crippen molar-refractivity contribution in [2.24, 2.45) is 5.92 Å². The molecule has 17 heavy (non-hydrogen) atoms. The van der Waals surface area contributed by atoms with Gasteiger partial charge in [0.1, 0.15) is 0 Å². The molecule has 0 saturated heterocycles. The smallest absolute Gasteiger partial charge is 0.287 e. The third kappa shape index (κ3) is 2.77. The summed E-state index contributed by atoms with van der Waals surface area (Å²) in [5, 5.41) is 5.02. The van der Waals surface area contributed by atoms with E-state index in [4.69, 9.17) is 4.42 Å². The maximum atomic E-state index is 11.9. The number of hydrogen-bond acceptors (Lipinski definition) is 3. The van der Waals surface area contributed by atoms with E-state index < -0.39 is 0 Å². The number of rotatable bonds is 4. The summed E-state index contributed by atoms with van der Waals surface area (Å²) < 4.78 is 5.08. The second kappa shape index (κ2) is 5.19. The maximum absolute atomic E-state index is 11.9. The summed E-state index contributed by atoms with van der Waals surface area (Å²) in [6.45, 7) is 4.18. The van der Waals surface area contributed by atoms with Crippen molar-refractivity contribution >= 4 is 17.2 Å². The van der Waals surface area contributed by atoms with E-state index in [0.717, 1.165) is 0 Å². The van der Waals surface area contributed by atoms with Crippen LogP contribution in [-0.2, 0) is 0 Å². The third-order valence-corrected chi connectivity index (χ3v) is 3.50. The molecule has 0 radical (unpaired) electrons. The highest BCUT2D eigenvalue weighted by atomic mass is 32.1. The quantitative estimate of drug-likeness (QED) is 0.901. The van der Waals surface area contributed by atoms with Crippen LogP contribution in [-0.4, -0.2) is 5.91 Å². The molecule has 0 aliphatic carbocycles. The SMILES string of the molecule is CC(C)[C@H](NC(=O)c1ccco1)c1cccs1. The molecule has 2 rings (SSSR count). The zero-order chi connectivity index (χ0) is 12.3. The van der Waals surface area contributed by atoms with Crippen LogP contribution in [0.1, 0.15) is 35.3 Å². The van der Waals surface area contributed by atoms with Crippen molar-refractivity contribution in [1.29, 1.82) is 0 Å². The van der Waals surface area contributed by atoms with Crippen LogP contribution < -0.4 is 5.32 Å². The zero-order valence-corrected chi connectivity index (χ0v) is 10.7. The van der Waals surface area contributed by atoms with Gasteiger partial charge < -0.3 is 9.73 Å². The predicted octanol–water partition coefficient (Wildman–Crippen LogP) is 3.47. The lowest BCUT2D eigenvalue weighted by molar-refractivity contribution is 0.0898. The largest absolute Gasteiger partial charge is 0.459 e. The molecule has 1 atom stereocenters. The summed E-state index contributed by atoms with van der Waals surface area (Å²) in [6.07, 6.45) is 1.50. The Morgan fingerprint density at radius 1 is 1.35 bits per heavy atom. The first kappa shape index (κ1) is 11.9. The van der Waals surface area contributed by atoms with Crippen LogP contribution in [0.15, 0.2) is 40.3 Å². The van der Waals surface area contributed by atoms with Crippen LogP contribution in [0.25, 0.3) is 0 Å². The number of hydrogen-bond donors (Lipinski definition) is 1. The Hall–Kier alpha value is -1.55. The van der Waals surface area contributed by atoms with Crippen LogP contribution in [0.5, 0.6) is 0 Å². The summed E-state index contributed by atoms with van der Waals surface area (Å²) in [4.78, 5) is 13.1. The molecule has 1 amide bonds. The minimum absolute atomic E-state index is 0.0348. The fraction of sp³-hybridized carbons (Fsp3) is 0.308. The Balaban J connectivity index is 2.12. The zero-order valence-electron chi connectivity index (χ0n) is 9.84. The number of furan rings is 1. The van der Waals surface area contributed by atoms with Crippen molar-refractivity contribution in [2.45, 2.75) is 19.9 Å². The van der Waals surface area contributed by atoms with Crippen molar-refractivity contribution in [3.8, 4) is 0 Å². The number of carbonyl (C=O) groups is 1. The van der Waals surface area contributed by atoms with Gasteiger partial charge in [0.25, 0.3) is 5.91 Å². The van der Waals surface area contributed by atoms with Crippen molar-refractivity contribution in [1.82, 2.24) is 5.32 Å². The van der Waals surface area contributed by atoms with E-state index in [1.165, 1.54) is 11.1 Å². The average molecular weight is 249 g/mol. The maximum Gasteiger partial charge on any atom is 0.287 e. The van der Waals surface area contributed by atoms with Gasteiger partial charge in [-0.25, -0.2) is 0 Å². The van der Waals surface area contributed by atoms with Crippen LogP contribution in [0.4, 0.5) is 0 Å². The Morgan fingerprint density at radius 2 is 2.18 bits per heavy atom. The molecule has 0 saturated carbocycles. The first-order valence-corrected chi connectivity index (χ1v) is 6.44. The van der Waals surface area contributed by atoms with E-state index >= 15 is 0 Å². The second-order valence-corrected chi connectivity index (χ2v) is 5.17. The predicted molar refractivity (Wildman–Crippen MR) is 68.1 cm³/mol. The van der Waals surface area contributed by atoms with Crippen molar-refractivity contribution in [3.63, 3.8) is 0 Å². The van der Waals surface area contributed by atoms with Gasteiger partial charge >= 0.3 is 0 Å². The van der Waals surface area contributed by atoms with E-state index in [1.54, 1.807) is 23.5 Å². The summed E-state index contributed by atoms with van der Waals surface area (Å²) >= 11 is 1.65. The monoisotopic (exact) mass is 249 g/mol. The van der Waals surface area contributed by atoms with Crippen LogP contribution in [0, 0.1) is 5.92 Å². The average Bonchev–Trinajstić information content (AvgIpc) is 2.97. The molecule has 2 aromatic rings. The van der Waals surface area contributed by atoms with E-state index in [1.807, 2.05) is 17.5 Å². The van der Waals surface area contributed by atoms with E-state index in [2.05, 4.69) is 19.2 Å². The minimum Gasteiger partial charge on any atom is -0.459 e. The number of carbonyl (C=O) groups excluding carboxylic acids is 1. The van der Waals surface area contributed by atoms with Crippen molar-refractivity contribution in [2.75, 3.05) is 0 Å². The first-order chi connectivity index (χ1) is 8.18. The second-order valence-electron chi connectivity index (χ2n) is 4.19. The molecular weight excluding hydrogens is 234 g/mol. The lowest BCUT2D eigenvalue weighted by Crippen LogP contribution is -2.30. The fourth-order valence-electron chi connectivity index (χ4n) is 1.65. The van der Waals surface area contributed by atoms with Crippen molar-refractivity contribution in [3.05, 3.63) is 46.5 Å². The highest BCUT2D eigenvalue weighted by molar-refractivity contribution is 7.10. The Morgan fingerprint density at radius 3 is 2.71 bits per heavy atom. The molecule has 2 heterocycles. The molecule has 0 bridgehead atoms. The van der Waals surface area contributed by atoms with Gasteiger partial charge in [0.05, 0.1) is 12.3 Å². The molecule has 0 aliphatic heterocycles. The lowest BCUT2D eigenvalue weighted by Gasteiger charge is -2.20. The van der Waals surface area contributed by atoms with Crippen LogP contribution in [0.2, 0.25) is 0 Å². The van der Waals surface area contributed by atoms with Crippen molar-refractivity contribution < 1.29 is 9.21 Å². The molecule has 0 aliphatic rings. The van der Waals surface area contributed by atoms with E-state index in [9.17, 15) is 4.79 Å². The molecule has 4 heteroatoms. The van der Waals surface area contributed by atoms with E-state index in [0.29, 0.717) is 11.7 Å². The van der Waals surface area contributed by atoms with Gasteiger partial charge in [0.15, 0.2) is 5.76 Å². The molecule has 0 unspecified atom stereocenters. The van der Waals surface area contributed by atoms with Crippen LogP contribution >= 0.6 is 11.3 Å². The summed E-state index contributed by atoms with van der Waals surface area (Å²) in [6, 6.07) is 7.45. The Labute approximate surface area is 104 Å². The summed E-state index contributed by atoms with van der Waals surface area (Å²) in [5.41, 5.74) is 0. The first-order valence-electron chi connectivity index (χ1n) is 5.56. The fourth-order valence-corrected chi connectivity index (χ4v) is 2.60. The van der Waals surface area contributed by atoms with Gasteiger partial charge in [-0.05, 0) is 29.5 Å². The molecule has 0 aromatic carbocycles. The molecule has 90 valence electrons. The summed E-state index contributed by atoms with van der Waals surface area (Å²) in [5.74, 6) is 0.530. The van der Waals surface area contributed by atoms with Gasteiger partial charge in [-0.3, -0.25) is 4.79 Å². The highest BCUT2D eigenvalue weighted by Crippen LogP contribution is 2.26. The van der Waals surface area contributed by atoms with Gasteiger partial charge in [-0.2, -0.15) is 0 Å². The molecule has 0 spiro atoms. The molecule has 2 aromatic heterocycles. The van der Waals surface area contributed by atoms with E-state index in [-0.39, 0.29) is 11.9 Å². The topological polar surface area (TPSA) is 42.2 Å². The summed E-state index contributed by atoms with van der Waals surface area (Å²) in [7, 11) is 0. The standard InChI is InChI=1S/C13H15NO2S/c1-9(2)12(11-6-4-8-17-11)14-13(15)10-5-3-7-16-10/h3-9,12H,1-2H3,(H,14,15)/t12-/m0/s1. The highest BCUT2D eigenvalue weighted by Gasteiger charge is 2.20. The number of nitrogens with one attached hydrogen (secondary N) is 1. The molecular formula is C13H15NO2S. The van der Waals surface area contributed by atoms with Gasteiger partial charge in [-0.15, -0.1) is 11.3 Å². The minimum atomic E-state index is -0.165. The van der Waals surface area contributed by atoms with Gasteiger partial charge in [0, 0.05) is 4.88 Å². The molecule has 1 N–H and O–H groups in total. The van der Waals surface area contributed by atoms with Gasteiger partial charge in [-0.1, -0.05) is 19.9 Å². The number of thiophene rings is 1. The van der Waals surface area contributed by atoms with Gasteiger partial charge in [0.2, 0.25) is 0 Å². The third-order valence-electron chi connectivity index (χ3n) is 2.55. The normalized spacial score (nSPS) is 12.6. The molecule has 0 fully saturated rings. The Bertz CT molecular complexity index is 460. The number of amides is 1. The Kier molecular flexibility index (Phi) is 3.64. The molecule has 3 nitrogen and oxygen atoms in total. The van der Waals surface area contributed by atoms with Crippen LogP contribution in [0.3, 0.4) is 0 Å².